The lowest BCUT2D eigenvalue weighted by Crippen LogP contribution is -2.37. The highest BCUT2D eigenvalue weighted by Gasteiger charge is 2.59. The molecule has 1 aromatic heterocycles. The smallest absolute Gasteiger partial charge is 0.284 e. The number of hydrogen-bond acceptors (Lipinski definition) is 7. The largest absolute Gasteiger partial charge is 0.462 e. The van der Waals surface area contributed by atoms with Crippen LogP contribution >= 0.6 is 0 Å². The van der Waals surface area contributed by atoms with Crippen molar-refractivity contribution in [2.24, 2.45) is 16.6 Å². The molecule has 0 saturated heterocycles. The van der Waals surface area contributed by atoms with Gasteiger partial charge in [-0.3, -0.25) is 4.79 Å². The number of ketones is 1. The van der Waals surface area contributed by atoms with E-state index in [1.807, 2.05) is 0 Å². The highest BCUT2D eigenvalue weighted by molar-refractivity contribution is 5.95. The van der Waals surface area contributed by atoms with Gasteiger partial charge in [-0.15, -0.1) is 6.42 Å². The van der Waals surface area contributed by atoms with Crippen LogP contribution in [0.3, 0.4) is 0 Å². The summed E-state index contributed by atoms with van der Waals surface area (Å²) in [6, 6.07) is 4.19. The Morgan fingerprint density at radius 3 is 2.93 bits per heavy atom. The lowest BCUT2D eigenvalue weighted by Gasteiger charge is -2.29. The molecule has 29 heavy (non-hydrogen) atoms. The number of hydrogen-bond donors (Lipinski definition) is 1. The summed E-state index contributed by atoms with van der Waals surface area (Å²) in [6.07, 6.45) is 8.47. The molecule has 1 saturated carbocycles. The van der Waals surface area contributed by atoms with E-state index in [0.29, 0.717) is 12.0 Å². The molecule has 9 heteroatoms. The second kappa shape index (κ2) is 7.13. The standard InChI is InChI=1S/C20H16F2N4O3/c1-2-20(13-7-17(13)29-19(23)26-20)12-5-11(3-4-14(12)22)6-16(27)15-8-25-18(9-24-15)28-10-21/h1,3-5,8-9,13,17H,6-7,10H2,(H2,23,26)/t13-,17+,20+/m0/s1. The molecule has 2 aliphatic rings. The molecule has 4 rings (SSSR count). The molecule has 1 fully saturated rings. The minimum atomic E-state index is -1.26. The zero-order chi connectivity index (χ0) is 20.6. The zero-order valence-corrected chi connectivity index (χ0v) is 15.1. The topological polar surface area (TPSA) is 99.7 Å². The Labute approximate surface area is 165 Å². The number of carbonyl (C=O) groups excluding carboxylic acids is 1. The van der Waals surface area contributed by atoms with Crippen LogP contribution in [0.25, 0.3) is 0 Å². The monoisotopic (exact) mass is 398 g/mol. The van der Waals surface area contributed by atoms with Crippen LogP contribution in [0.4, 0.5) is 8.78 Å². The lowest BCUT2D eigenvalue weighted by atomic mass is 9.84. The molecule has 148 valence electrons. The average molecular weight is 398 g/mol. The minimum absolute atomic E-state index is 0.0296. The Kier molecular flexibility index (Phi) is 4.62. The highest BCUT2D eigenvalue weighted by atomic mass is 19.1. The van der Waals surface area contributed by atoms with Crippen LogP contribution in [0.5, 0.6) is 5.88 Å². The van der Waals surface area contributed by atoms with Crippen molar-refractivity contribution >= 4 is 11.8 Å². The number of carbonyl (C=O) groups is 1. The van der Waals surface area contributed by atoms with Gasteiger partial charge in [0.05, 0.1) is 12.4 Å². The van der Waals surface area contributed by atoms with Crippen molar-refractivity contribution in [3.63, 3.8) is 0 Å². The van der Waals surface area contributed by atoms with Crippen molar-refractivity contribution in [3.8, 4) is 18.2 Å². The fourth-order valence-corrected chi connectivity index (χ4v) is 3.50. The maximum atomic E-state index is 14.7. The van der Waals surface area contributed by atoms with Crippen molar-refractivity contribution < 1.29 is 23.0 Å². The van der Waals surface area contributed by atoms with E-state index in [-0.39, 0.29) is 47.4 Å². The predicted molar refractivity (Wildman–Crippen MR) is 98.2 cm³/mol. The summed E-state index contributed by atoms with van der Waals surface area (Å²) in [4.78, 5) is 24.5. The molecule has 1 aromatic carbocycles. The predicted octanol–water partition coefficient (Wildman–Crippen LogP) is 1.91. The van der Waals surface area contributed by atoms with Gasteiger partial charge in [0.15, 0.2) is 11.3 Å². The Bertz CT molecular complexity index is 1040. The molecule has 1 aliphatic carbocycles. The van der Waals surface area contributed by atoms with Gasteiger partial charge in [-0.25, -0.2) is 23.7 Å². The Hall–Kier alpha value is -3.54. The number of amidine groups is 1. The Balaban J connectivity index is 1.61. The van der Waals surface area contributed by atoms with Crippen LogP contribution in [0.15, 0.2) is 35.6 Å². The first-order valence-electron chi connectivity index (χ1n) is 8.79. The van der Waals surface area contributed by atoms with Gasteiger partial charge in [0.2, 0.25) is 12.7 Å². The molecule has 2 N–H and O–H groups in total. The molecule has 2 aromatic rings. The van der Waals surface area contributed by atoms with E-state index in [9.17, 15) is 13.6 Å². The molecular weight excluding hydrogens is 382 g/mol. The summed E-state index contributed by atoms with van der Waals surface area (Å²) in [6.45, 7) is -1.04. The maximum absolute atomic E-state index is 14.7. The van der Waals surface area contributed by atoms with Crippen molar-refractivity contribution in [1.29, 1.82) is 0 Å². The summed E-state index contributed by atoms with van der Waals surface area (Å²) in [5, 5.41) is 0. The third kappa shape index (κ3) is 3.38. The van der Waals surface area contributed by atoms with Gasteiger partial charge in [0, 0.05) is 17.9 Å². The number of fused-ring (bicyclic) bond motifs is 1. The molecule has 0 radical (unpaired) electrons. The molecular formula is C20H16F2N4O3. The van der Waals surface area contributed by atoms with Crippen molar-refractivity contribution in [2.45, 2.75) is 24.5 Å². The van der Waals surface area contributed by atoms with Gasteiger partial charge in [0.25, 0.3) is 6.02 Å². The first-order valence-corrected chi connectivity index (χ1v) is 8.79. The van der Waals surface area contributed by atoms with Crippen LogP contribution < -0.4 is 10.5 Å². The van der Waals surface area contributed by atoms with Gasteiger partial charge in [-0.2, -0.15) is 0 Å². The molecule has 0 spiro atoms. The van der Waals surface area contributed by atoms with Gasteiger partial charge in [-0.05, 0) is 24.1 Å². The number of ether oxygens (including phenoxy) is 2. The quantitative estimate of drug-likeness (QED) is 0.589. The number of alkyl halides is 1. The van der Waals surface area contributed by atoms with Crippen LogP contribution in [0.2, 0.25) is 0 Å². The zero-order valence-electron chi connectivity index (χ0n) is 15.1. The van der Waals surface area contributed by atoms with Gasteiger partial charge < -0.3 is 15.2 Å². The number of benzene rings is 1. The molecule has 0 unspecified atom stereocenters. The van der Waals surface area contributed by atoms with Gasteiger partial charge in [0.1, 0.15) is 17.6 Å². The van der Waals surface area contributed by atoms with Crippen LogP contribution in [0.1, 0.15) is 28.0 Å². The van der Waals surface area contributed by atoms with E-state index in [1.54, 1.807) is 0 Å². The van der Waals surface area contributed by atoms with E-state index in [4.69, 9.17) is 16.9 Å². The average Bonchev–Trinajstić information content (AvgIpc) is 3.49. The number of Topliss-reactive ketones (excluding diaryl/α,β-unsaturated/α-hetero) is 1. The number of aliphatic imine (C=N–C) groups is 1. The van der Waals surface area contributed by atoms with E-state index in [1.165, 1.54) is 24.4 Å². The summed E-state index contributed by atoms with van der Waals surface area (Å²) in [5.74, 6) is 1.50. The molecule has 2 heterocycles. The summed E-state index contributed by atoms with van der Waals surface area (Å²) >= 11 is 0. The fraction of sp³-hybridized carbons (Fsp3) is 0.300. The maximum Gasteiger partial charge on any atom is 0.284 e. The highest BCUT2D eigenvalue weighted by Crippen LogP contribution is 2.53. The second-order valence-corrected chi connectivity index (χ2v) is 6.77. The van der Waals surface area contributed by atoms with Crippen LogP contribution in [-0.2, 0) is 16.7 Å². The van der Waals surface area contributed by atoms with E-state index in [2.05, 4.69) is 25.6 Å². The van der Waals surface area contributed by atoms with Gasteiger partial charge >= 0.3 is 0 Å². The second-order valence-electron chi connectivity index (χ2n) is 6.77. The first kappa shape index (κ1) is 18.8. The van der Waals surface area contributed by atoms with Crippen molar-refractivity contribution in [1.82, 2.24) is 9.97 Å². The Morgan fingerprint density at radius 2 is 2.24 bits per heavy atom. The number of halogens is 2. The third-order valence-corrected chi connectivity index (χ3v) is 4.97. The van der Waals surface area contributed by atoms with Crippen molar-refractivity contribution in [2.75, 3.05) is 6.86 Å². The molecule has 7 nitrogen and oxygen atoms in total. The Morgan fingerprint density at radius 1 is 1.41 bits per heavy atom. The van der Waals surface area contributed by atoms with E-state index < -0.39 is 18.2 Å². The number of terminal acetylenes is 1. The summed E-state index contributed by atoms with van der Waals surface area (Å²) in [5.41, 5.74) is 5.25. The van der Waals surface area contributed by atoms with Crippen LogP contribution in [0, 0.1) is 24.1 Å². The number of nitrogens with zero attached hydrogens (tertiary/aromatic N) is 3. The number of aromatic nitrogens is 2. The molecule has 0 amide bonds. The third-order valence-electron chi connectivity index (χ3n) is 4.97. The summed E-state index contributed by atoms with van der Waals surface area (Å²) < 4.78 is 36.7. The lowest BCUT2D eigenvalue weighted by molar-refractivity contribution is 0.0987. The first-order chi connectivity index (χ1) is 14.0. The molecule has 3 atom stereocenters. The SMILES string of the molecule is C#C[C@]1(c2cc(CC(=O)c3cnc(OCF)cn3)ccc2F)N=C(N)O[C@@H]2C[C@@H]21. The summed E-state index contributed by atoms with van der Waals surface area (Å²) in [7, 11) is 0. The number of rotatable bonds is 6. The fourth-order valence-electron chi connectivity index (χ4n) is 3.50. The van der Waals surface area contributed by atoms with Crippen molar-refractivity contribution in [3.05, 3.63) is 53.2 Å². The van der Waals surface area contributed by atoms with Gasteiger partial charge in [-0.1, -0.05) is 12.0 Å². The normalized spacial score (nSPS) is 24.5. The van der Waals surface area contributed by atoms with E-state index >= 15 is 0 Å². The minimum Gasteiger partial charge on any atom is -0.462 e. The van der Waals surface area contributed by atoms with E-state index in [0.717, 1.165) is 6.20 Å². The molecule has 0 bridgehead atoms. The number of nitrogens with two attached hydrogens (primary N) is 1. The molecule has 1 aliphatic heterocycles. The van der Waals surface area contributed by atoms with Crippen LogP contribution in [-0.4, -0.2) is 34.7 Å².